The molecule has 39 nitrogen and oxygen atoms in total. The van der Waals surface area contributed by atoms with E-state index in [0.717, 1.165) is 27.4 Å². The van der Waals surface area contributed by atoms with Crippen LogP contribution in [-0.4, -0.2) is 212 Å². The van der Waals surface area contributed by atoms with E-state index in [9.17, 15) is 61.8 Å². The number of fused-ring (bicyclic) bond motifs is 4. The summed E-state index contributed by atoms with van der Waals surface area (Å²) in [6.45, 7) is 22.9. The number of Topliss-reactive ketones (excluding diaryl/α,β-unsaturated/α-hetero) is 4. The van der Waals surface area contributed by atoms with E-state index in [0.29, 0.717) is 87.6 Å². The molecule has 14 aromatic rings. The van der Waals surface area contributed by atoms with Crippen LogP contribution in [0.15, 0.2) is 173 Å². The van der Waals surface area contributed by atoms with Crippen molar-refractivity contribution in [3.63, 3.8) is 0 Å². The molecule has 0 saturated carbocycles. The van der Waals surface area contributed by atoms with Gasteiger partial charge in [0.05, 0.1) is 101 Å². The topological polar surface area (TPSA) is 497 Å². The number of phenolic OH excluding ortho intramolecular Hbond substituents is 1. The Morgan fingerprint density at radius 2 is 0.810 bits per heavy atom. The third kappa shape index (κ3) is 30.1. The van der Waals surface area contributed by atoms with Gasteiger partial charge in [-0.3, -0.25) is 86.6 Å². The molecule has 0 unspecified atom stereocenters. The highest BCUT2D eigenvalue weighted by Crippen LogP contribution is 2.34. The molecule has 137 heavy (non-hydrogen) atoms. The number of likely N-dealkylation sites (tertiary alicyclic amines) is 1. The molecule has 4 atom stereocenters. The van der Waals surface area contributed by atoms with Crippen molar-refractivity contribution < 1.29 is 90.6 Å². The van der Waals surface area contributed by atoms with Gasteiger partial charge in [-0.05, 0) is 214 Å². The van der Waals surface area contributed by atoms with E-state index in [4.69, 9.17) is 28.8 Å². The maximum Gasteiger partial charge on any atom is 0.328 e. The number of rotatable bonds is 22. The van der Waals surface area contributed by atoms with E-state index in [1.807, 2.05) is 27.7 Å². The summed E-state index contributed by atoms with van der Waals surface area (Å²) in [6, 6.07) is 28.4. The van der Waals surface area contributed by atoms with E-state index in [1.165, 1.54) is 82.0 Å². The molecule has 0 bridgehead atoms. The second-order valence-corrected chi connectivity index (χ2v) is 35.1. The number of carboxylic acids is 1. The number of esters is 2. The minimum atomic E-state index is -1.35. The van der Waals surface area contributed by atoms with Crippen LogP contribution in [0.25, 0.3) is 43.6 Å². The molecule has 10 aromatic heterocycles. The summed E-state index contributed by atoms with van der Waals surface area (Å²) in [6.07, 6.45) is 10.5. The Kier molecular flexibility index (Phi) is 35.7. The van der Waals surface area contributed by atoms with Crippen molar-refractivity contribution in [1.82, 2.24) is 99.2 Å². The predicted octanol–water partition coefficient (Wildman–Crippen LogP) is 15.3. The molecule has 5 N–H and O–H groups in total. The zero-order valence-electron chi connectivity index (χ0n) is 76.3. The number of alkyl halides is 2. The Morgan fingerprint density at radius 1 is 0.445 bits per heavy atom. The van der Waals surface area contributed by atoms with Crippen LogP contribution < -0.4 is 30.2 Å². The standard InChI is InChI=1S/C26H23BrFN7O4.C20H22N4O4.C16H14N4O4.C15H18N2O4.C10H11BrFN3O.C5H5BrN2.ClH/c1-14-10-30-23(11-29-14)39-17-6-7-19-18(9-17)25(15(2)36)33-35(19)13-24(37)34-12-16(28)8-20(34)26(38)32-22-5-3-4-21(27)31-22;1-12-9-22-17(10-21-12)27-14-6-7-16-15(8-14)19(13(2)25)23-24(16)11-18(26)28-20(3,4)5;1-9-6-18-14(7-17-9)24-11-3-4-13-12(5-11)16(10(2)21)19-20(13)8-15(22)23;1-9(18)14-11-7-10(19)5-6-12(11)17(16-14)8-13(20)21-15(2,3)4;11-8-2-1-3-9(14-8)15-10(16)7-4-6(12)5-13-7;1-4-2-8-5(6)3-7-4;/h3-7,9-11,16,20H,8,12-13H2,1-2H3,(H,31,32,38);6-10H,11H2,1-5H3;3-7H,8H2,1-2H3,(H,22,23);5-7,19H,8H2,1-4H3;1-3,6-7,13H,4-5H2,(H,14,15,16);2-3H,1H3;1H/t16-,20+;;;;6-,7+;;/m1...1../s1. The summed E-state index contributed by atoms with van der Waals surface area (Å²) in [5.41, 5.74) is 5.18. The largest absolute Gasteiger partial charge is 0.508 e. The number of pyridine rings is 2. The van der Waals surface area contributed by atoms with Crippen LogP contribution in [0.1, 0.15) is 147 Å². The third-order valence-electron chi connectivity index (χ3n) is 19.1. The number of hydrogen-bond donors (Lipinski definition) is 5. The minimum absolute atomic E-state index is 0. The molecule has 3 amide bonds. The van der Waals surface area contributed by atoms with E-state index in [-0.39, 0.29) is 134 Å². The first kappa shape index (κ1) is 105. The molecule has 4 aromatic carbocycles. The number of carbonyl (C=O) groups is 10. The highest BCUT2D eigenvalue weighted by molar-refractivity contribution is 9.11. The van der Waals surface area contributed by atoms with Gasteiger partial charge in [0.1, 0.15) is 127 Å². The van der Waals surface area contributed by atoms with Gasteiger partial charge in [-0.1, -0.05) is 12.1 Å². The zero-order valence-corrected chi connectivity index (χ0v) is 81.9. The lowest BCUT2D eigenvalue weighted by molar-refractivity contribution is -0.156. The summed E-state index contributed by atoms with van der Waals surface area (Å²) in [5, 5.41) is 45.6. The van der Waals surface area contributed by atoms with Crippen molar-refractivity contribution in [1.29, 1.82) is 0 Å². The number of ketones is 4. The number of benzene rings is 4. The number of aryl methyl sites for hydroxylation is 4. The molecule has 716 valence electrons. The van der Waals surface area contributed by atoms with Gasteiger partial charge in [0.15, 0.2) is 23.1 Å². The van der Waals surface area contributed by atoms with Crippen LogP contribution in [0.2, 0.25) is 0 Å². The SMILES string of the molecule is CC(=O)c1nn(CC(=O)N2C[C@H](F)C[C@H]2C(=O)Nc2cccc(Br)n2)c2ccc(Oc3cnc(C)cn3)cc12.CC(=O)c1nn(CC(=O)O)c2ccc(Oc3cnc(C)cn3)cc12.CC(=O)c1nn(CC(=O)OC(C)(C)C)c2ccc(O)cc12.CC(=O)c1nn(CC(=O)OC(C)(C)C)c2ccc(Oc3cnc(C)cn3)cc12.Cc1cnc(Br)cn1.Cl.O=C(Nc1cccc(Br)n1)[C@@H]1C[C@@H](F)CN1. The molecule has 0 radical (unpaired) electrons. The number of phenols is 1. The smallest absolute Gasteiger partial charge is 0.328 e. The van der Waals surface area contributed by atoms with Crippen LogP contribution in [0.5, 0.6) is 40.6 Å². The quantitative estimate of drug-likeness (QED) is 0.0239. The lowest BCUT2D eigenvalue weighted by Gasteiger charge is -2.23. The Hall–Kier alpha value is -14.4. The van der Waals surface area contributed by atoms with Crippen molar-refractivity contribution in [2.45, 2.75) is 172 Å². The average Bonchev–Trinajstić information content (AvgIpc) is 1.53. The summed E-state index contributed by atoms with van der Waals surface area (Å²) < 4.78 is 62.5. The Labute approximate surface area is 812 Å². The molecular formula is C92H94Br3ClF2N22O17. The third-order valence-corrected chi connectivity index (χ3v) is 20.4. The summed E-state index contributed by atoms with van der Waals surface area (Å²) in [7, 11) is 0. The van der Waals surface area contributed by atoms with Gasteiger partial charge in [-0.25, -0.2) is 38.7 Å². The number of aliphatic carboxylic acids is 1. The Morgan fingerprint density at radius 3 is 1.15 bits per heavy atom. The normalized spacial score (nSPS) is 14.2. The number of nitrogens with zero attached hydrogens (tertiary/aromatic N) is 19. The minimum Gasteiger partial charge on any atom is -0.508 e. The van der Waals surface area contributed by atoms with Crippen molar-refractivity contribution in [3.8, 4) is 40.6 Å². The van der Waals surface area contributed by atoms with Crippen LogP contribution in [0.4, 0.5) is 20.4 Å². The highest BCUT2D eigenvalue weighted by Gasteiger charge is 2.41. The maximum absolute atomic E-state index is 14.4. The number of halogens is 6. The first-order valence-electron chi connectivity index (χ1n) is 41.8. The molecule has 2 aliphatic rings. The van der Waals surface area contributed by atoms with E-state index in [1.54, 1.807) is 170 Å². The molecule has 16 rings (SSSR count). The summed E-state index contributed by atoms with van der Waals surface area (Å²) >= 11 is 9.62. The zero-order chi connectivity index (χ0) is 98.7. The van der Waals surface area contributed by atoms with Gasteiger partial charge in [-0.2, -0.15) is 20.4 Å². The number of hydrogen-bond acceptors (Lipinski definition) is 31. The van der Waals surface area contributed by atoms with Gasteiger partial charge in [0.2, 0.25) is 35.4 Å². The van der Waals surface area contributed by atoms with Gasteiger partial charge in [0, 0.05) is 74.8 Å². The fourth-order valence-corrected chi connectivity index (χ4v) is 14.2. The number of carboxylic acid groups (broad SMARTS) is 1. The van der Waals surface area contributed by atoms with Crippen molar-refractivity contribution >= 4 is 174 Å². The number of anilines is 2. The van der Waals surface area contributed by atoms with Crippen LogP contribution in [0, 0.1) is 27.7 Å². The van der Waals surface area contributed by atoms with Crippen molar-refractivity contribution in [3.05, 3.63) is 218 Å². The Balaban J connectivity index is 0.000000177. The van der Waals surface area contributed by atoms with Gasteiger partial charge >= 0.3 is 17.9 Å². The van der Waals surface area contributed by atoms with E-state index >= 15 is 0 Å². The van der Waals surface area contributed by atoms with Crippen LogP contribution in [-0.2, 0) is 64.4 Å². The second kappa shape index (κ2) is 46.7. The van der Waals surface area contributed by atoms with E-state index < -0.39 is 65.4 Å². The second-order valence-electron chi connectivity index (χ2n) is 32.7. The highest BCUT2D eigenvalue weighted by atomic mass is 79.9. The molecule has 0 aliphatic carbocycles. The number of nitrogens with one attached hydrogen (secondary N) is 3. The first-order valence-corrected chi connectivity index (χ1v) is 44.1. The molecule has 0 spiro atoms. The van der Waals surface area contributed by atoms with Crippen LogP contribution in [0.3, 0.4) is 0 Å². The van der Waals surface area contributed by atoms with Crippen molar-refractivity contribution in [2.75, 3.05) is 23.7 Å². The average molecular weight is 2090 g/mol. The van der Waals surface area contributed by atoms with Crippen LogP contribution >= 0.6 is 60.2 Å². The molecule has 2 fully saturated rings. The number of aromatic nitrogens is 18. The van der Waals surface area contributed by atoms with Gasteiger partial charge in [0.25, 0.3) is 0 Å². The maximum atomic E-state index is 14.4. The summed E-state index contributed by atoms with van der Waals surface area (Å²) in [5.74, 6) is -1.10. The fraction of sp³-hybridized carbons (Fsp3) is 0.304. The molecule has 12 heterocycles. The molecule has 2 aliphatic heterocycles. The fourth-order valence-electron chi connectivity index (χ4n) is 13.3. The Bertz CT molecular complexity index is 6760. The monoisotopic (exact) mass is 2090 g/mol. The molecular weight excluding hydrogens is 2000 g/mol. The molecule has 45 heteroatoms. The number of carbonyl (C=O) groups excluding carboxylic acids is 9. The van der Waals surface area contributed by atoms with Gasteiger partial charge in [-0.15, -0.1) is 12.4 Å². The number of ether oxygens (including phenoxy) is 5. The number of amides is 3. The summed E-state index contributed by atoms with van der Waals surface area (Å²) in [4.78, 5) is 163. The van der Waals surface area contributed by atoms with Gasteiger partial charge < -0.3 is 54.7 Å². The van der Waals surface area contributed by atoms with Crippen molar-refractivity contribution in [2.24, 2.45) is 0 Å². The lowest BCUT2D eigenvalue weighted by Crippen LogP contribution is -2.44. The first-order chi connectivity index (χ1) is 64.3. The predicted molar refractivity (Wildman–Crippen MR) is 510 cm³/mol. The molecule has 2 saturated heterocycles. The lowest BCUT2D eigenvalue weighted by atomic mass is 10.1. The van der Waals surface area contributed by atoms with E-state index in [2.05, 4.69) is 134 Å². The number of aromatic hydroxyl groups is 1.